The van der Waals surface area contributed by atoms with Crippen molar-refractivity contribution in [3.63, 3.8) is 0 Å². The van der Waals surface area contributed by atoms with Crippen molar-refractivity contribution in [2.75, 3.05) is 13.3 Å². The molecule has 1 rings (SSSR count). The molecule has 150 valence electrons. The van der Waals surface area contributed by atoms with E-state index in [-0.39, 0.29) is 6.10 Å². The maximum Gasteiger partial charge on any atom is 0.446 e. The third-order valence-electron chi connectivity index (χ3n) is 2.59. The molecular weight excluding hydrogens is 425 g/mol. The van der Waals surface area contributed by atoms with Gasteiger partial charge in [-0.25, -0.2) is 13.9 Å². The van der Waals surface area contributed by atoms with Crippen LogP contribution in [-0.2, 0) is 9.57 Å². The number of carbonyl (C=O) groups excluding carboxylic acids is 2. The maximum absolute atomic E-state index is 12.5. The first-order valence-electron chi connectivity index (χ1n) is 7.34. The molecule has 6 nitrogen and oxygen atoms in total. The van der Waals surface area contributed by atoms with Gasteiger partial charge in [0.05, 0.1) is 11.7 Å². The second kappa shape index (κ2) is 10.7. The summed E-state index contributed by atoms with van der Waals surface area (Å²) in [5, 5.41) is 1.56. The summed E-state index contributed by atoms with van der Waals surface area (Å²) in [6.45, 7) is 3.44. The van der Waals surface area contributed by atoms with Gasteiger partial charge in [0, 0.05) is 22.9 Å². The van der Waals surface area contributed by atoms with E-state index < -0.39 is 23.3 Å². The summed E-state index contributed by atoms with van der Waals surface area (Å²) in [4.78, 5) is 28.7. The molecule has 12 heteroatoms. The van der Waals surface area contributed by atoms with Gasteiger partial charge in [0.25, 0.3) is 0 Å². The number of hydrogen-bond acceptors (Lipinski definition) is 8. The number of carbonyl (C=O) groups is 2. The molecule has 0 aliphatic rings. The monoisotopic (exact) mass is 442 g/mol. The molecule has 0 N–H and O–H groups in total. The quantitative estimate of drug-likeness (QED) is 0.114. The van der Waals surface area contributed by atoms with Crippen LogP contribution in [0.5, 0.6) is 0 Å². The average Bonchev–Trinajstić information content (AvgIpc) is 2.58. The number of esters is 1. The summed E-state index contributed by atoms with van der Waals surface area (Å²) in [5.41, 5.74) is 0.310. The van der Waals surface area contributed by atoms with Gasteiger partial charge in [-0.05, 0) is 43.0 Å². The van der Waals surface area contributed by atoms with Crippen LogP contribution in [0, 0.1) is 0 Å². The molecule has 1 aromatic carbocycles. The molecule has 0 aliphatic heterocycles. The highest BCUT2D eigenvalue weighted by atomic mass is 33.1. The Labute approximate surface area is 166 Å². The second-order valence-electron chi connectivity index (χ2n) is 5.06. The number of ether oxygens (including phenoxy) is 1. The number of rotatable bonds is 6. The Balaban J connectivity index is 2.72. The lowest BCUT2D eigenvalue weighted by molar-refractivity contribution is -0.0575. The summed E-state index contributed by atoms with van der Waals surface area (Å²) in [6, 6.07) is 6.59. The average molecular weight is 443 g/mol. The number of halogens is 3. The van der Waals surface area contributed by atoms with E-state index in [0.29, 0.717) is 22.2 Å². The third-order valence-corrected chi connectivity index (χ3v) is 5.70. The summed E-state index contributed by atoms with van der Waals surface area (Å²) in [5.74, 6) is -0.515. The Kier molecular flexibility index (Phi) is 9.33. The van der Waals surface area contributed by atoms with Crippen LogP contribution in [0.2, 0.25) is 0 Å². The van der Waals surface area contributed by atoms with Gasteiger partial charge in [0.1, 0.15) is 0 Å². The molecule has 27 heavy (non-hydrogen) atoms. The molecule has 0 bridgehead atoms. The van der Waals surface area contributed by atoms with Gasteiger partial charge in [0.2, 0.25) is 5.04 Å². The zero-order valence-electron chi connectivity index (χ0n) is 14.8. The first-order valence-corrected chi connectivity index (χ1v) is 10.7. The molecular formula is C15H17F3N2O4S3. The van der Waals surface area contributed by atoms with Crippen LogP contribution >= 0.6 is 33.5 Å². The molecule has 0 saturated heterocycles. The minimum Gasteiger partial charge on any atom is -0.459 e. The smallest absolute Gasteiger partial charge is 0.446 e. The van der Waals surface area contributed by atoms with Gasteiger partial charge in [0.15, 0.2) is 0 Å². The van der Waals surface area contributed by atoms with Crippen molar-refractivity contribution in [1.82, 2.24) is 4.31 Å². The van der Waals surface area contributed by atoms with E-state index in [1.807, 2.05) is 0 Å². The predicted molar refractivity (Wildman–Crippen MR) is 102 cm³/mol. The standard InChI is InChI=1S/C15H17F3N2O4S3/c1-9(2)23-12(21)10-7-5-6-8-11(10)26-27-20(3)14(22)24-19-13(25-4)15(16,17)18/h5-9H,1-4H3. The predicted octanol–water partition coefficient (Wildman–Crippen LogP) is 5.21. The van der Waals surface area contributed by atoms with Crippen LogP contribution in [0.15, 0.2) is 34.3 Å². The topological polar surface area (TPSA) is 68.2 Å². The molecule has 0 aromatic heterocycles. The second-order valence-corrected chi connectivity index (χ2v) is 8.11. The number of nitrogens with zero attached hydrogens (tertiary/aromatic N) is 2. The van der Waals surface area contributed by atoms with Crippen LogP contribution in [-0.4, -0.2) is 47.0 Å². The molecule has 1 aromatic rings. The zero-order chi connectivity index (χ0) is 20.6. The van der Waals surface area contributed by atoms with Gasteiger partial charge in [-0.3, -0.25) is 4.84 Å². The van der Waals surface area contributed by atoms with E-state index >= 15 is 0 Å². The first-order chi connectivity index (χ1) is 12.6. The number of thioether (sulfide) groups is 1. The molecule has 0 saturated carbocycles. The summed E-state index contributed by atoms with van der Waals surface area (Å²) in [6.07, 6.45) is -4.92. The van der Waals surface area contributed by atoms with Crippen LogP contribution in [0.3, 0.4) is 0 Å². The number of alkyl halides is 3. The van der Waals surface area contributed by atoms with Crippen molar-refractivity contribution in [2.24, 2.45) is 5.16 Å². The van der Waals surface area contributed by atoms with Crippen molar-refractivity contribution in [3.05, 3.63) is 29.8 Å². The molecule has 0 radical (unpaired) electrons. The fourth-order valence-corrected chi connectivity index (χ4v) is 3.65. The number of oxime groups is 1. The Morgan fingerprint density at radius 3 is 2.41 bits per heavy atom. The zero-order valence-corrected chi connectivity index (χ0v) is 17.2. The minimum atomic E-state index is -4.70. The molecule has 0 fully saturated rings. The van der Waals surface area contributed by atoms with Crippen molar-refractivity contribution < 1.29 is 32.3 Å². The fraction of sp³-hybridized carbons (Fsp3) is 0.400. The Hall–Kier alpha value is -1.53. The van der Waals surface area contributed by atoms with Gasteiger partial charge < -0.3 is 4.74 Å². The van der Waals surface area contributed by atoms with E-state index in [4.69, 9.17) is 4.74 Å². The highest BCUT2D eigenvalue weighted by molar-refractivity contribution is 8.76. The normalized spacial score (nSPS) is 12.1. The molecule has 0 heterocycles. The van der Waals surface area contributed by atoms with E-state index in [0.717, 1.165) is 26.1 Å². The highest BCUT2D eigenvalue weighted by Gasteiger charge is 2.36. The summed E-state index contributed by atoms with van der Waals surface area (Å²) < 4.78 is 43.7. The fourth-order valence-electron chi connectivity index (χ4n) is 1.45. The number of benzene rings is 1. The largest absolute Gasteiger partial charge is 0.459 e. The van der Waals surface area contributed by atoms with E-state index in [1.54, 1.807) is 38.1 Å². The van der Waals surface area contributed by atoms with Crippen LogP contribution in [0.4, 0.5) is 18.0 Å². The first kappa shape index (κ1) is 23.5. The van der Waals surface area contributed by atoms with Gasteiger partial charge in [-0.15, -0.1) is 11.8 Å². The Morgan fingerprint density at radius 2 is 1.85 bits per heavy atom. The summed E-state index contributed by atoms with van der Waals surface area (Å²) in [7, 11) is 3.22. The maximum atomic E-state index is 12.5. The molecule has 0 spiro atoms. The minimum absolute atomic E-state index is 0.294. The van der Waals surface area contributed by atoms with Crippen molar-refractivity contribution in [1.29, 1.82) is 0 Å². The lowest BCUT2D eigenvalue weighted by atomic mass is 10.2. The number of hydrogen-bond donors (Lipinski definition) is 0. The SMILES string of the molecule is CSC(=NOC(=O)N(C)SSc1ccccc1C(=O)OC(C)C)C(F)(F)F. The highest BCUT2D eigenvalue weighted by Crippen LogP contribution is 2.36. The van der Waals surface area contributed by atoms with Gasteiger partial charge >= 0.3 is 18.2 Å². The van der Waals surface area contributed by atoms with Gasteiger partial charge in [-0.1, -0.05) is 17.3 Å². The lowest BCUT2D eigenvalue weighted by Gasteiger charge is -2.15. The van der Waals surface area contributed by atoms with Crippen LogP contribution < -0.4 is 0 Å². The third kappa shape index (κ3) is 7.93. The molecule has 0 unspecified atom stereocenters. The van der Waals surface area contributed by atoms with E-state index in [9.17, 15) is 22.8 Å². The van der Waals surface area contributed by atoms with E-state index in [1.165, 1.54) is 13.3 Å². The molecule has 1 amide bonds. The van der Waals surface area contributed by atoms with E-state index in [2.05, 4.69) is 9.99 Å². The Bertz CT molecular complexity index is 699. The van der Waals surface area contributed by atoms with Crippen LogP contribution in [0.25, 0.3) is 0 Å². The van der Waals surface area contributed by atoms with Crippen molar-refractivity contribution in [3.8, 4) is 0 Å². The molecule has 0 atom stereocenters. The van der Waals surface area contributed by atoms with Crippen LogP contribution in [0.1, 0.15) is 24.2 Å². The van der Waals surface area contributed by atoms with Crippen molar-refractivity contribution >= 4 is 50.6 Å². The molecule has 0 aliphatic carbocycles. The Morgan fingerprint density at radius 1 is 1.22 bits per heavy atom. The number of amides is 1. The summed E-state index contributed by atoms with van der Waals surface area (Å²) >= 11 is 0.317. The van der Waals surface area contributed by atoms with Gasteiger partial charge in [-0.2, -0.15) is 13.2 Å². The lowest BCUT2D eigenvalue weighted by Crippen LogP contribution is -2.23. The van der Waals surface area contributed by atoms with Crippen molar-refractivity contribution in [2.45, 2.75) is 31.0 Å².